The van der Waals surface area contributed by atoms with E-state index in [0.717, 1.165) is 0 Å². The Balaban J connectivity index is 1.96. The van der Waals surface area contributed by atoms with Crippen LogP contribution in [0.2, 0.25) is 0 Å². The van der Waals surface area contributed by atoms with E-state index in [4.69, 9.17) is 11.5 Å². The number of carboxylic acid groups (broad SMARTS) is 1. The van der Waals surface area contributed by atoms with Gasteiger partial charge in [0, 0.05) is 31.4 Å². The van der Waals surface area contributed by atoms with Gasteiger partial charge in [-0.25, -0.2) is 9.78 Å². The maximum absolute atomic E-state index is 12.9. The zero-order chi connectivity index (χ0) is 23.7. The summed E-state index contributed by atoms with van der Waals surface area (Å²) in [7, 11) is 0. The maximum Gasteiger partial charge on any atom is 0.326 e. The van der Waals surface area contributed by atoms with Crippen LogP contribution in [0, 0.1) is 0 Å². The summed E-state index contributed by atoms with van der Waals surface area (Å²) in [5, 5.41) is 14.5. The highest BCUT2D eigenvalue weighted by atomic mass is 16.4. The third kappa shape index (κ3) is 6.89. The average Bonchev–Trinajstić information content (AvgIpc) is 3.44. The lowest BCUT2D eigenvalue weighted by atomic mass is 10.1. The van der Waals surface area contributed by atoms with Crippen molar-refractivity contribution in [1.82, 2.24) is 25.5 Å². The number of nitrogens with zero attached hydrogens (tertiary/aromatic N) is 2. The van der Waals surface area contributed by atoms with E-state index in [2.05, 4.69) is 20.6 Å². The van der Waals surface area contributed by atoms with Crippen molar-refractivity contribution in [1.29, 1.82) is 0 Å². The number of hydrogen-bond donors (Lipinski definition) is 6. The van der Waals surface area contributed by atoms with Crippen molar-refractivity contribution in [2.24, 2.45) is 11.5 Å². The normalized spacial score (nSPS) is 18.8. The van der Waals surface area contributed by atoms with Crippen LogP contribution < -0.4 is 22.1 Å². The summed E-state index contributed by atoms with van der Waals surface area (Å²) < 4.78 is 0. The van der Waals surface area contributed by atoms with Crippen LogP contribution in [0.25, 0.3) is 0 Å². The molecule has 0 bridgehead atoms. The van der Waals surface area contributed by atoms with E-state index in [1.165, 1.54) is 24.3 Å². The SMILES string of the molecule is C[C@@H](NC(=O)[C@@H](N)C/C=C/CN)C(=O)N1CCC[C@H]1C(=O)N[C@@H](Cc1cnc[nH]1)C(=O)O. The predicted molar refractivity (Wildman–Crippen MR) is 115 cm³/mol. The molecule has 12 heteroatoms. The van der Waals surface area contributed by atoms with Crippen molar-refractivity contribution in [3.05, 3.63) is 30.4 Å². The summed E-state index contributed by atoms with van der Waals surface area (Å²) >= 11 is 0. The Morgan fingerprint density at radius 2 is 2.09 bits per heavy atom. The zero-order valence-corrected chi connectivity index (χ0v) is 18.0. The van der Waals surface area contributed by atoms with Crippen molar-refractivity contribution < 1.29 is 24.3 Å². The van der Waals surface area contributed by atoms with E-state index < -0.39 is 47.9 Å². The van der Waals surface area contributed by atoms with Crippen molar-refractivity contribution in [2.45, 2.75) is 56.8 Å². The molecule has 0 saturated carbocycles. The second-order valence-electron chi connectivity index (χ2n) is 7.65. The van der Waals surface area contributed by atoms with Gasteiger partial charge < -0.3 is 37.1 Å². The molecule has 0 radical (unpaired) electrons. The Bertz CT molecular complexity index is 826. The molecule has 1 aromatic heterocycles. The fraction of sp³-hybridized carbons (Fsp3) is 0.550. The van der Waals surface area contributed by atoms with Gasteiger partial charge >= 0.3 is 5.97 Å². The number of amides is 3. The topological polar surface area (TPSA) is 197 Å². The smallest absolute Gasteiger partial charge is 0.326 e. The van der Waals surface area contributed by atoms with Crippen LogP contribution in [0.1, 0.15) is 31.9 Å². The highest BCUT2D eigenvalue weighted by Gasteiger charge is 2.38. The van der Waals surface area contributed by atoms with Gasteiger partial charge in [0.2, 0.25) is 17.7 Å². The molecule has 2 rings (SSSR count). The summed E-state index contributed by atoms with van der Waals surface area (Å²) in [5.74, 6) is -2.66. The van der Waals surface area contributed by atoms with E-state index in [1.807, 2.05) is 0 Å². The molecule has 0 unspecified atom stereocenters. The lowest BCUT2D eigenvalue weighted by Crippen LogP contribution is -2.56. The molecule has 4 atom stereocenters. The van der Waals surface area contributed by atoms with E-state index in [-0.39, 0.29) is 12.8 Å². The Morgan fingerprint density at radius 1 is 1.34 bits per heavy atom. The van der Waals surface area contributed by atoms with Gasteiger partial charge in [0.05, 0.1) is 12.4 Å². The largest absolute Gasteiger partial charge is 0.480 e. The molecular weight excluding hydrogens is 418 g/mol. The third-order valence-corrected chi connectivity index (χ3v) is 5.19. The fourth-order valence-electron chi connectivity index (χ4n) is 3.46. The van der Waals surface area contributed by atoms with Crippen LogP contribution in [0.15, 0.2) is 24.7 Å². The summed E-state index contributed by atoms with van der Waals surface area (Å²) in [5.41, 5.74) is 11.7. The molecule has 0 aliphatic carbocycles. The van der Waals surface area contributed by atoms with Gasteiger partial charge in [0.25, 0.3) is 0 Å². The molecule has 32 heavy (non-hydrogen) atoms. The molecule has 176 valence electrons. The number of hydrogen-bond acceptors (Lipinski definition) is 7. The number of aliphatic carboxylic acids is 1. The Labute approximate surface area is 185 Å². The summed E-state index contributed by atoms with van der Waals surface area (Å²) in [6.07, 6.45) is 7.59. The average molecular weight is 450 g/mol. The molecule has 8 N–H and O–H groups in total. The molecular formula is C20H31N7O5. The van der Waals surface area contributed by atoms with Crippen molar-refractivity contribution in [3.8, 4) is 0 Å². The Morgan fingerprint density at radius 3 is 2.72 bits per heavy atom. The molecule has 3 amide bonds. The fourth-order valence-corrected chi connectivity index (χ4v) is 3.46. The van der Waals surface area contributed by atoms with Crippen molar-refractivity contribution in [2.75, 3.05) is 13.1 Å². The maximum atomic E-state index is 12.9. The van der Waals surface area contributed by atoms with Gasteiger partial charge in [-0.1, -0.05) is 12.2 Å². The quantitative estimate of drug-likeness (QED) is 0.214. The van der Waals surface area contributed by atoms with Crippen molar-refractivity contribution >= 4 is 23.7 Å². The number of nitrogens with one attached hydrogen (secondary N) is 3. The highest BCUT2D eigenvalue weighted by Crippen LogP contribution is 2.19. The first-order valence-electron chi connectivity index (χ1n) is 10.5. The monoisotopic (exact) mass is 449 g/mol. The molecule has 1 saturated heterocycles. The standard InChI is InChI=1S/C20H31N7O5/c1-12(25-17(28)14(22)5-2-3-7-21)19(30)27-8-4-6-16(27)18(29)26-15(20(31)32)9-13-10-23-11-24-13/h2-3,10-12,14-16H,4-9,21-22H2,1H3,(H,23,24)(H,25,28)(H,26,29)(H,31,32)/b3-2+/t12-,14+,15+,16+/m1/s1. The molecule has 0 spiro atoms. The Kier molecular flexibility index (Phi) is 9.35. The number of imidazole rings is 1. The molecule has 1 aliphatic heterocycles. The van der Waals surface area contributed by atoms with Gasteiger partial charge in [0.15, 0.2) is 0 Å². The van der Waals surface area contributed by atoms with Crippen LogP contribution in [0.3, 0.4) is 0 Å². The number of likely N-dealkylation sites (tertiary alicyclic amines) is 1. The minimum Gasteiger partial charge on any atom is -0.480 e. The summed E-state index contributed by atoms with van der Waals surface area (Å²) in [4.78, 5) is 57.5. The molecule has 1 aromatic rings. The molecule has 0 aromatic carbocycles. The van der Waals surface area contributed by atoms with Gasteiger partial charge in [-0.15, -0.1) is 0 Å². The molecule has 1 fully saturated rings. The zero-order valence-electron chi connectivity index (χ0n) is 18.0. The number of carbonyl (C=O) groups is 4. The predicted octanol–water partition coefficient (Wildman–Crippen LogP) is -1.75. The number of aromatic nitrogens is 2. The second-order valence-corrected chi connectivity index (χ2v) is 7.65. The first-order valence-corrected chi connectivity index (χ1v) is 10.5. The minimum absolute atomic E-state index is 0.0324. The third-order valence-electron chi connectivity index (χ3n) is 5.19. The van der Waals surface area contributed by atoms with Crippen LogP contribution >= 0.6 is 0 Å². The number of carbonyl (C=O) groups excluding carboxylic acids is 3. The number of aromatic amines is 1. The first-order chi connectivity index (χ1) is 15.2. The molecule has 12 nitrogen and oxygen atoms in total. The highest BCUT2D eigenvalue weighted by molar-refractivity contribution is 5.94. The minimum atomic E-state index is -1.19. The van der Waals surface area contributed by atoms with Crippen molar-refractivity contribution in [3.63, 3.8) is 0 Å². The molecule has 2 heterocycles. The number of rotatable bonds is 11. The van der Waals surface area contributed by atoms with E-state index in [9.17, 15) is 24.3 Å². The van der Waals surface area contributed by atoms with Gasteiger partial charge in [-0.2, -0.15) is 0 Å². The summed E-state index contributed by atoms with van der Waals surface area (Å²) in [6, 6.07) is -3.70. The van der Waals surface area contributed by atoms with Gasteiger partial charge in [-0.05, 0) is 26.2 Å². The van der Waals surface area contributed by atoms with Crippen LogP contribution in [-0.2, 0) is 25.6 Å². The van der Waals surface area contributed by atoms with E-state index in [1.54, 1.807) is 12.2 Å². The van der Waals surface area contributed by atoms with E-state index >= 15 is 0 Å². The van der Waals surface area contributed by atoms with Crippen LogP contribution in [-0.4, -0.2) is 80.9 Å². The molecule has 1 aliphatic rings. The second kappa shape index (κ2) is 12.0. The van der Waals surface area contributed by atoms with Gasteiger partial charge in [0.1, 0.15) is 18.1 Å². The van der Waals surface area contributed by atoms with Gasteiger partial charge in [-0.3, -0.25) is 14.4 Å². The lowest BCUT2D eigenvalue weighted by Gasteiger charge is -2.28. The van der Waals surface area contributed by atoms with E-state index in [0.29, 0.717) is 31.6 Å². The first kappa shape index (κ1) is 25.0. The van der Waals surface area contributed by atoms with Crippen LogP contribution in [0.4, 0.5) is 0 Å². The number of nitrogens with two attached hydrogens (primary N) is 2. The Hall–Kier alpha value is -3.25. The number of carboxylic acids is 1. The summed E-state index contributed by atoms with van der Waals surface area (Å²) in [6.45, 7) is 2.20. The number of H-pyrrole nitrogens is 1. The lowest BCUT2D eigenvalue weighted by molar-refractivity contribution is -0.144. The van der Waals surface area contributed by atoms with Crippen LogP contribution in [0.5, 0.6) is 0 Å².